The summed E-state index contributed by atoms with van der Waals surface area (Å²) in [6.45, 7) is 1.33. The number of allylic oxidation sites excluding steroid dienone is 1. The maximum Gasteiger partial charge on any atom is 0.508 e. The molecule has 0 saturated carbocycles. The molecule has 1 heterocycles. The first-order valence-electron chi connectivity index (χ1n) is 12.6. The van der Waals surface area contributed by atoms with Crippen LogP contribution in [-0.2, 0) is 40.0 Å². The van der Waals surface area contributed by atoms with Crippen LogP contribution in [0.25, 0.3) is 0 Å². The molecule has 0 aliphatic carbocycles. The molecule has 3 rings (SSSR count). The third-order valence-electron chi connectivity index (χ3n) is 5.51. The van der Waals surface area contributed by atoms with Gasteiger partial charge in [-0.1, -0.05) is 95.1 Å². The van der Waals surface area contributed by atoms with Crippen LogP contribution in [-0.4, -0.2) is 69.0 Å². The SMILES string of the molecule is CC(C)=C(C(=O)OCc1ccccc1)N1C(=O)[C@H](NC(=O)COc2ccccc2)[C@@H]1SC(=O)COC(=O)OCC(Cl)(Cl)Cl. The molecule has 0 bridgehead atoms. The van der Waals surface area contributed by atoms with Crippen LogP contribution in [0.3, 0.4) is 0 Å². The van der Waals surface area contributed by atoms with E-state index in [1.54, 1.807) is 68.4 Å². The average Bonchev–Trinajstić information content (AvgIpc) is 2.98. The fraction of sp³-hybridized carbons (Fsp3) is 0.321. The Balaban J connectivity index is 1.71. The molecule has 2 aromatic rings. The monoisotopic (exact) mass is 672 g/mol. The minimum atomic E-state index is -1.88. The summed E-state index contributed by atoms with van der Waals surface area (Å²) in [4.78, 5) is 64.7. The number of hydrogen-bond acceptors (Lipinski definition) is 10. The van der Waals surface area contributed by atoms with Crippen LogP contribution in [0.4, 0.5) is 4.79 Å². The summed E-state index contributed by atoms with van der Waals surface area (Å²) >= 11 is 17.1. The van der Waals surface area contributed by atoms with E-state index in [9.17, 15) is 24.0 Å². The molecule has 1 saturated heterocycles. The van der Waals surface area contributed by atoms with Gasteiger partial charge in [-0.15, -0.1) is 0 Å². The van der Waals surface area contributed by atoms with Crippen LogP contribution in [0.1, 0.15) is 19.4 Å². The van der Waals surface area contributed by atoms with Crippen LogP contribution < -0.4 is 10.1 Å². The van der Waals surface area contributed by atoms with E-state index >= 15 is 0 Å². The van der Waals surface area contributed by atoms with Crippen molar-refractivity contribution in [2.75, 3.05) is 19.8 Å². The smallest absolute Gasteiger partial charge is 0.484 e. The van der Waals surface area contributed by atoms with Crippen molar-refractivity contribution in [3.05, 3.63) is 77.5 Å². The Kier molecular flexibility index (Phi) is 12.6. The van der Waals surface area contributed by atoms with E-state index < -0.39 is 64.1 Å². The van der Waals surface area contributed by atoms with Gasteiger partial charge in [0.15, 0.2) is 13.2 Å². The third kappa shape index (κ3) is 10.6. The molecule has 43 heavy (non-hydrogen) atoms. The number of para-hydroxylation sites is 1. The quantitative estimate of drug-likeness (QED) is 0.148. The third-order valence-corrected chi connectivity index (χ3v) is 6.94. The van der Waals surface area contributed by atoms with Crippen molar-refractivity contribution in [1.29, 1.82) is 0 Å². The van der Waals surface area contributed by atoms with Gasteiger partial charge in [-0.3, -0.25) is 19.3 Å². The molecular formula is C28H27Cl3N2O9S. The van der Waals surface area contributed by atoms with Crippen molar-refractivity contribution in [3.63, 3.8) is 0 Å². The number of nitrogens with zero attached hydrogens (tertiary/aromatic N) is 1. The van der Waals surface area contributed by atoms with E-state index in [1.807, 2.05) is 6.07 Å². The van der Waals surface area contributed by atoms with E-state index in [2.05, 4.69) is 10.1 Å². The van der Waals surface area contributed by atoms with Gasteiger partial charge in [0.1, 0.15) is 36.1 Å². The largest absolute Gasteiger partial charge is 0.508 e. The zero-order chi connectivity index (χ0) is 31.6. The zero-order valence-corrected chi connectivity index (χ0v) is 26.0. The summed E-state index contributed by atoms with van der Waals surface area (Å²) in [6, 6.07) is 16.2. The summed E-state index contributed by atoms with van der Waals surface area (Å²) in [5, 5.41) is 0.724. The first kappa shape index (κ1) is 34.0. The number of esters is 1. The Morgan fingerprint density at radius 2 is 1.53 bits per heavy atom. The van der Waals surface area contributed by atoms with Gasteiger partial charge in [-0.05, 0) is 37.1 Å². The topological polar surface area (TPSA) is 138 Å². The minimum Gasteiger partial charge on any atom is -0.484 e. The molecular weight excluding hydrogens is 647 g/mol. The maximum absolute atomic E-state index is 13.3. The standard InChI is InChI=1S/C28H27Cl3N2O9S/c1-17(2)23(26(37)40-13-18-9-5-3-6-10-18)33-24(36)22(32-20(34)14-39-19-11-7-4-8-12-19)25(33)43-21(35)15-41-27(38)42-16-28(29,30)31/h3-12,22,25H,13-16H2,1-2H3,(H,32,34)/t22-,25-/m0/s1. The number of halogens is 3. The van der Waals surface area contributed by atoms with Gasteiger partial charge in [0.2, 0.25) is 8.91 Å². The molecule has 0 radical (unpaired) electrons. The summed E-state index contributed by atoms with van der Waals surface area (Å²) in [5.41, 5.74) is 1.05. The normalized spacial score (nSPS) is 15.9. The van der Waals surface area contributed by atoms with Crippen LogP contribution in [0.2, 0.25) is 0 Å². The Bertz CT molecular complexity index is 1350. The van der Waals surface area contributed by atoms with Gasteiger partial charge in [0.25, 0.3) is 11.8 Å². The number of amides is 2. The number of alkyl halides is 3. The highest BCUT2D eigenvalue weighted by Crippen LogP contribution is 2.36. The molecule has 15 heteroatoms. The van der Waals surface area contributed by atoms with Gasteiger partial charge >= 0.3 is 12.1 Å². The lowest BCUT2D eigenvalue weighted by atomic mass is 10.0. The Labute approximate surface area is 266 Å². The van der Waals surface area contributed by atoms with Crippen LogP contribution in [0, 0.1) is 0 Å². The second-order valence-corrected chi connectivity index (χ2v) is 12.8. The van der Waals surface area contributed by atoms with Gasteiger partial charge in [-0.2, -0.15) is 0 Å². The maximum atomic E-state index is 13.3. The van der Waals surface area contributed by atoms with Gasteiger partial charge in [0.05, 0.1) is 0 Å². The summed E-state index contributed by atoms with van der Waals surface area (Å²) in [5.74, 6) is -1.67. The molecule has 1 aliphatic rings. The molecule has 2 amide bonds. The number of thioether (sulfide) groups is 1. The van der Waals surface area contributed by atoms with Crippen LogP contribution >= 0.6 is 46.6 Å². The Hall–Kier alpha value is -3.45. The molecule has 230 valence electrons. The van der Waals surface area contributed by atoms with Crippen molar-refractivity contribution >= 4 is 75.6 Å². The van der Waals surface area contributed by atoms with Crippen LogP contribution in [0.15, 0.2) is 71.9 Å². The summed E-state index contributed by atoms with van der Waals surface area (Å²) < 4.78 is 18.4. The van der Waals surface area contributed by atoms with Crippen molar-refractivity contribution in [2.24, 2.45) is 0 Å². The molecule has 1 fully saturated rings. The second kappa shape index (κ2) is 15.9. The molecule has 11 nitrogen and oxygen atoms in total. The van der Waals surface area contributed by atoms with Gasteiger partial charge in [-0.25, -0.2) is 9.59 Å². The number of rotatable bonds is 12. The summed E-state index contributed by atoms with van der Waals surface area (Å²) in [6.07, 6.45) is -1.26. The number of carbonyl (C=O) groups is 5. The number of ether oxygens (including phenoxy) is 4. The molecule has 2 aromatic carbocycles. The predicted molar refractivity (Wildman–Crippen MR) is 159 cm³/mol. The zero-order valence-electron chi connectivity index (χ0n) is 22.9. The highest BCUT2D eigenvalue weighted by Gasteiger charge is 2.53. The highest BCUT2D eigenvalue weighted by atomic mass is 35.6. The molecule has 1 aliphatic heterocycles. The molecule has 0 spiro atoms. The molecule has 2 atom stereocenters. The number of nitrogens with one attached hydrogen (secondary N) is 1. The molecule has 1 N–H and O–H groups in total. The first-order chi connectivity index (χ1) is 20.4. The van der Waals surface area contributed by atoms with Crippen molar-refractivity contribution in [3.8, 4) is 5.75 Å². The fourth-order valence-corrected chi connectivity index (χ4v) is 4.84. The van der Waals surface area contributed by atoms with E-state index in [-0.39, 0.29) is 12.3 Å². The van der Waals surface area contributed by atoms with E-state index in [0.29, 0.717) is 23.1 Å². The number of likely N-dealkylation sites (tertiary alicyclic amines) is 1. The Morgan fingerprint density at radius 3 is 2.14 bits per heavy atom. The highest BCUT2D eigenvalue weighted by molar-refractivity contribution is 8.14. The predicted octanol–water partition coefficient (Wildman–Crippen LogP) is 4.54. The minimum absolute atomic E-state index is 0.0592. The number of β-lactam (4-membered cyclic amide) rings is 1. The first-order valence-corrected chi connectivity index (χ1v) is 14.6. The number of hydrogen-bond donors (Lipinski definition) is 1. The molecule has 0 unspecified atom stereocenters. The van der Waals surface area contributed by atoms with E-state index in [4.69, 9.17) is 49.0 Å². The number of benzene rings is 2. The second-order valence-electron chi connectivity index (χ2n) is 9.09. The lowest BCUT2D eigenvalue weighted by molar-refractivity contribution is -0.153. The van der Waals surface area contributed by atoms with E-state index in [1.165, 1.54) is 0 Å². The Morgan fingerprint density at radius 1 is 0.907 bits per heavy atom. The lowest BCUT2D eigenvalue weighted by Gasteiger charge is -2.46. The number of carbonyl (C=O) groups excluding carboxylic acids is 5. The van der Waals surface area contributed by atoms with E-state index in [0.717, 1.165) is 10.5 Å². The molecule has 0 aromatic heterocycles. The van der Waals surface area contributed by atoms with Gasteiger partial charge in [0, 0.05) is 0 Å². The van der Waals surface area contributed by atoms with Crippen molar-refractivity contribution < 1.29 is 42.9 Å². The van der Waals surface area contributed by atoms with Crippen molar-refractivity contribution in [1.82, 2.24) is 10.2 Å². The lowest BCUT2D eigenvalue weighted by Crippen LogP contribution is -2.70. The van der Waals surface area contributed by atoms with Gasteiger partial charge < -0.3 is 24.3 Å². The van der Waals surface area contributed by atoms with Crippen molar-refractivity contribution in [2.45, 2.75) is 35.7 Å². The fourth-order valence-electron chi connectivity index (χ4n) is 3.64. The average molecular weight is 674 g/mol. The van der Waals surface area contributed by atoms with Crippen LogP contribution in [0.5, 0.6) is 5.75 Å². The summed E-state index contributed by atoms with van der Waals surface area (Å²) in [7, 11) is 0.